The normalized spacial score (nSPS) is 27.6. The molecule has 2 heteroatoms. The number of rotatable bonds is 6. The second kappa shape index (κ2) is 7.80. The molecule has 3 atom stereocenters. The van der Waals surface area contributed by atoms with Gasteiger partial charge in [0.15, 0.2) is 0 Å². The number of hydrogen-bond donors (Lipinski definition) is 1. The molecule has 0 aliphatic carbocycles. The quantitative estimate of drug-likeness (QED) is 0.806. The lowest BCUT2D eigenvalue weighted by Gasteiger charge is -2.42. The number of unbranched alkanes of at least 4 members (excludes halogenated alkanes) is 1. The van der Waals surface area contributed by atoms with E-state index in [4.69, 9.17) is 5.73 Å². The summed E-state index contributed by atoms with van der Waals surface area (Å²) in [6.45, 7) is 8.00. The van der Waals surface area contributed by atoms with Crippen molar-refractivity contribution in [3.8, 4) is 0 Å². The first-order valence-corrected chi connectivity index (χ1v) is 8.18. The van der Waals surface area contributed by atoms with Crippen LogP contribution in [0, 0.1) is 11.8 Å². The van der Waals surface area contributed by atoms with Crippen LogP contribution in [-0.2, 0) is 6.42 Å². The predicted octanol–water partition coefficient (Wildman–Crippen LogP) is 3.31. The smallest absolute Gasteiger partial charge is 0.0244 e. The third-order valence-corrected chi connectivity index (χ3v) is 4.69. The van der Waals surface area contributed by atoms with Gasteiger partial charge in [-0.25, -0.2) is 0 Å². The Kier molecular flexibility index (Phi) is 6.06. The summed E-state index contributed by atoms with van der Waals surface area (Å²) in [7, 11) is 0. The van der Waals surface area contributed by atoms with Gasteiger partial charge >= 0.3 is 0 Å². The maximum Gasteiger partial charge on any atom is 0.0244 e. The largest absolute Gasteiger partial charge is 0.329 e. The van der Waals surface area contributed by atoms with Crippen LogP contribution in [0.15, 0.2) is 30.3 Å². The first-order valence-electron chi connectivity index (χ1n) is 8.18. The van der Waals surface area contributed by atoms with Gasteiger partial charge in [-0.2, -0.15) is 0 Å². The summed E-state index contributed by atoms with van der Waals surface area (Å²) in [6, 6.07) is 11.4. The van der Waals surface area contributed by atoms with E-state index in [2.05, 4.69) is 49.1 Å². The van der Waals surface area contributed by atoms with Gasteiger partial charge in [0.25, 0.3) is 0 Å². The molecule has 0 aromatic heterocycles. The summed E-state index contributed by atoms with van der Waals surface area (Å²) in [5.41, 5.74) is 7.44. The van der Waals surface area contributed by atoms with Gasteiger partial charge in [0.1, 0.15) is 0 Å². The molecule has 1 saturated heterocycles. The van der Waals surface area contributed by atoms with Gasteiger partial charge < -0.3 is 5.73 Å². The molecular weight excluding hydrogens is 244 g/mol. The van der Waals surface area contributed by atoms with Gasteiger partial charge in [0.2, 0.25) is 0 Å². The van der Waals surface area contributed by atoms with Crippen molar-refractivity contribution in [2.75, 3.05) is 19.6 Å². The van der Waals surface area contributed by atoms with E-state index in [-0.39, 0.29) is 0 Å². The average molecular weight is 274 g/mol. The zero-order chi connectivity index (χ0) is 14.4. The Balaban J connectivity index is 1.74. The molecule has 2 nitrogen and oxygen atoms in total. The van der Waals surface area contributed by atoms with Crippen molar-refractivity contribution in [1.82, 2.24) is 4.90 Å². The molecule has 0 saturated carbocycles. The molecule has 0 bridgehead atoms. The Labute approximate surface area is 124 Å². The molecular formula is C18H30N2. The number of likely N-dealkylation sites (tertiary alicyclic amines) is 1. The first-order chi connectivity index (χ1) is 9.70. The molecule has 1 aromatic carbocycles. The van der Waals surface area contributed by atoms with E-state index in [1.54, 1.807) is 0 Å². The number of piperidine rings is 1. The Morgan fingerprint density at radius 2 is 1.90 bits per heavy atom. The topological polar surface area (TPSA) is 29.3 Å². The lowest BCUT2D eigenvalue weighted by molar-refractivity contribution is 0.0721. The number of nitrogens with zero attached hydrogens (tertiary/aromatic N) is 1. The van der Waals surface area contributed by atoms with Crippen molar-refractivity contribution in [1.29, 1.82) is 0 Å². The highest BCUT2D eigenvalue weighted by Crippen LogP contribution is 2.26. The summed E-state index contributed by atoms with van der Waals surface area (Å²) in [5, 5.41) is 0. The van der Waals surface area contributed by atoms with Crippen LogP contribution in [0.2, 0.25) is 0 Å². The molecule has 112 valence electrons. The first kappa shape index (κ1) is 15.5. The van der Waals surface area contributed by atoms with E-state index < -0.39 is 0 Å². The second-order valence-electron chi connectivity index (χ2n) is 6.56. The minimum absolute atomic E-state index is 0.600. The molecule has 3 unspecified atom stereocenters. The van der Waals surface area contributed by atoms with Crippen LogP contribution in [0.5, 0.6) is 0 Å². The predicted molar refractivity (Wildman–Crippen MR) is 86.7 cm³/mol. The minimum atomic E-state index is 0.600. The molecule has 20 heavy (non-hydrogen) atoms. The van der Waals surface area contributed by atoms with E-state index in [0.29, 0.717) is 6.04 Å². The van der Waals surface area contributed by atoms with Crippen molar-refractivity contribution in [2.24, 2.45) is 17.6 Å². The van der Waals surface area contributed by atoms with Crippen molar-refractivity contribution < 1.29 is 0 Å². The van der Waals surface area contributed by atoms with Gasteiger partial charge in [-0.05, 0) is 49.6 Å². The molecule has 1 aliphatic rings. The van der Waals surface area contributed by atoms with Gasteiger partial charge in [-0.15, -0.1) is 0 Å². The Bertz CT molecular complexity index is 376. The van der Waals surface area contributed by atoms with Crippen LogP contribution in [0.1, 0.15) is 38.7 Å². The molecule has 1 fully saturated rings. The lowest BCUT2D eigenvalue weighted by atomic mass is 9.85. The monoisotopic (exact) mass is 274 g/mol. The van der Waals surface area contributed by atoms with E-state index in [1.165, 1.54) is 44.3 Å². The molecule has 1 aliphatic heterocycles. The van der Waals surface area contributed by atoms with Gasteiger partial charge in [0.05, 0.1) is 0 Å². The third-order valence-electron chi connectivity index (χ3n) is 4.69. The highest BCUT2D eigenvalue weighted by molar-refractivity contribution is 5.14. The summed E-state index contributed by atoms with van der Waals surface area (Å²) in [6.07, 6.45) is 5.10. The van der Waals surface area contributed by atoms with Crippen LogP contribution in [-0.4, -0.2) is 30.6 Å². The molecule has 1 heterocycles. The summed E-state index contributed by atoms with van der Waals surface area (Å²) < 4.78 is 0. The van der Waals surface area contributed by atoms with Crippen molar-refractivity contribution in [3.63, 3.8) is 0 Å². The maximum atomic E-state index is 5.98. The van der Waals surface area contributed by atoms with E-state index in [1.807, 2.05) is 0 Å². The highest BCUT2D eigenvalue weighted by atomic mass is 15.2. The minimum Gasteiger partial charge on any atom is -0.329 e. The molecule has 2 rings (SSSR count). The van der Waals surface area contributed by atoms with Crippen LogP contribution in [0.4, 0.5) is 0 Å². The number of aryl methyl sites for hydroxylation is 1. The zero-order valence-electron chi connectivity index (χ0n) is 13.1. The fourth-order valence-corrected chi connectivity index (χ4v) is 3.69. The van der Waals surface area contributed by atoms with Gasteiger partial charge in [-0.1, -0.05) is 44.2 Å². The molecule has 0 amide bonds. The fourth-order valence-electron chi connectivity index (χ4n) is 3.69. The number of hydrogen-bond acceptors (Lipinski definition) is 2. The van der Waals surface area contributed by atoms with Gasteiger partial charge in [-0.3, -0.25) is 4.90 Å². The fraction of sp³-hybridized carbons (Fsp3) is 0.667. The summed E-state index contributed by atoms with van der Waals surface area (Å²) in [4.78, 5) is 2.64. The Morgan fingerprint density at radius 3 is 2.60 bits per heavy atom. The van der Waals surface area contributed by atoms with E-state index in [9.17, 15) is 0 Å². The SMILES string of the molecule is CC1CC(C)C(CN)N(CCCCc2ccccc2)C1. The molecule has 0 radical (unpaired) electrons. The molecule has 1 aromatic rings. The van der Waals surface area contributed by atoms with Crippen molar-refractivity contribution in [2.45, 2.75) is 45.6 Å². The number of benzene rings is 1. The number of nitrogens with two attached hydrogens (primary N) is 1. The summed E-state index contributed by atoms with van der Waals surface area (Å²) in [5.74, 6) is 1.57. The molecule has 2 N–H and O–H groups in total. The van der Waals surface area contributed by atoms with Crippen LogP contribution < -0.4 is 5.73 Å². The van der Waals surface area contributed by atoms with Crippen LogP contribution >= 0.6 is 0 Å². The second-order valence-corrected chi connectivity index (χ2v) is 6.56. The van der Waals surface area contributed by atoms with Crippen molar-refractivity contribution in [3.05, 3.63) is 35.9 Å². The molecule has 0 spiro atoms. The third kappa shape index (κ3) is 4.32. The van der Waals surface area contributed by atoms with Crippen LogP contribution in [0.25, 0.3) is 0 Å². The maximum absolute atomic E-state index is 5.98. The van der Waals surface area contributed by atoms with E-state index >= 15 is 0 Å². The average Bonchev–Trinajstić information content (AvgIpc) is 2.44. The lowest BCUT2D eigenvalue weighted by Crippen LogP contribution is -2.51. The zero-order valence-corrected chi connectivity index (χ0v) is 13.1. The van der Waals surface area contributed by atoms with Crippen molar-refractivity contribution >= 4 is 0 Å². The summed E-state index contributed by atoms with van der Waals surface area (Å²) >= 11 is 0. The van der Waals surface area contributed by atoms with E-state index in [0.717, 1.165) is 18.4 Å². The standard InChI is InChI=1S/C18H30N2/c1-15-12-16(2)18(13-19)20(14-15)11-7-6-10-17-8-4-3-5-9-17/h3-5,8-9,15-16,18H,6-7,10-14,19H2,1-2H3. The highest BCUT2D eigenvalue weighted by Gasteiger charge is 2.30. The Hall–Kier alpha value is -0.860. The Morgan fingerprint density at radius 1 is 1.15 bits per heavy atom. The van der Waals surface area contributed by atoms with Crippen LogP contribution in [0.3, 0.4) is 0 Å². The van der Waals surface area contributed by atoms with Gasteiger partial charge in [0, 0.05) is 19.1 Å².